The zero-order chi connectivity index (χ0) is 27.1. The van der Waals surface area contributed by atoms with Gasteiger partial charge in [-0.05, 0) is 75.0 Å². The maximum atomic E-state index is 14.9. The molecule has 7 rings (SSSR count). The van der Waals surface area contributed by atoms with E-state index in [1.165, 1.54) is 0 Å². The molecular formula is C32H31N3O4. The van der Waals surface area contributed by atoms with Gasteiger partial charge < -0.3 is 15.4 Å². The van der Waals surface area contributed by atoms with Gasteiger partial charge in [0, 0.05) is 23.0 Å². The zero-order valence-corrected chi connectivity index (χ0v) is 22.3. The molecule has 2 amide bonds. The maximum Gasteiger partial charge on any atom is 0.251 e. The third-order valence-electron chi connectivity index (χ3n) is 9.54. The Balaban J connectivity index is 1.58. The monoisotopic (exact) mass is 521 g/mol. The summed E-state index contributed by atoms with van der Waals surface area (Å²) in [4.78, 5) is 46.2. The molecule has 2 spiro atoms. The molecule has 4 heterocycles. The highest BCUT2D eigenvalue weighted by Crippen LogP contribution is 2.68. The molecule has 7 heteroatoms. The molecule has 4 aliphatic heterocycles. The predicted octanol–water partition coefficient (Wildman–Crippen LogP) is 4.72. The number of benzene rings is 3. The Bertz CT molecular complexity index is 1580. The van der Waals surface area contributed by atoms with Crippen molar-refractivity contribution in [2.75, 3.05) is 23.8 Å². The summed E-state index contributed by atoms with van der Waals surface area (Å²) in [6.45, 7) is 6.94. The lowest BCUT2D eigenvalue weighted by molar-refractivity contribution is -0.137. The number of rotatable bonds is 4. The topological polar surface area (TPSA) is 87.7 Å². The van der Waals surface area contributed by atoms with E-state index in [-0.39, 0.29) is 23.6 Å². The second-order valence-electron chi connectivity index (χ2n) is 11.1. The fourth-order valence-corrected chi connectivity index (χ4v) is 8.01. The van der Waals surface area contributed by atoms with Gasteiger partial charge in [0.05, 0.1) is 18.1 Å². The van der Waals surface area contributed by atoms with Crippen LogP contribution in [0.5, 0.6) is 5.75 Å². The summed E-state index contributed by atoms with van der Waals surface area (Å²) in [6, 6.07) is 18.5. The lowest BCUT2D eigenvalue weighted by Gasteiger charge is -2.43. The number of anilines is 2. The van der Waals surface area contributed by atoms with Crippen LogP contribution in [0.4, 0.5) is 11.4 Å². The first-order chi connectivity index (χ1) is 18.9. The molecule has 39 heavy (non-hydrogen) atoms. The number of aryl methyl sites for hydroxylation is 1. The van der Waals surface area contributed by atoms with Gasteiger partial charge in [0.25, 0.3) is 5.91 Å². The Morgan fingerprint density at radius 1 is 0.974 bits per heavy atom. The van der Waals surface area contributed by atoms with Gasteiger partial charge in [-0.25, -0.2) is 0 Å². The van der Waals surface area contributed by atoms with Crippen LogP contribution in [0, 0.1) is 19.8 Å². The fourth-order valence-electron chi connectivity index (χ4n) is 8.01. The summed E-state index contributed by atoms with van der Waals surface area (Å²) in [5.41, 5.74) is 2.57. The lowest BCUT2D eigenvalue weighted by atomic mass is 9.57. The number of nitrogens with zero attached hydrogens (tertiary/aromatic N) is 1. The number of para-hydroxylation sites is 2. The average Bonchev–Trinajstić information content (AvgIpc) is 3.65. The molecule has 198 valence electrons. The first kappa shape index (κ1) is 24.1. The summed E-state index contributed by atoms with van der Waals surface area (Å²) in [5.74, 6) is -0.988. The molecule has 0 bridgehead atoms. The van der Waals surface area contributed by atoms with E-state index in [0.717, 1.165) is 35.2 Å². The first-order valence-corrected chi connectivity index (χ1v) is 13.7. The average molecular weight is 522 g/mol. The Labute approximate surface area is 227 Å². The SMILES string of the molecule is CCOc1ccccc1C(=O)C1C2CCCN2C2(C(=O)Nc3c2ccc(C)c3C)C12C(=O)Nc1ccccc12. The van der Waals surface area contributed by atoms with Gasteiger partial charge in [-0.3, -0.25) is 19.3 Å². The number of fused-ring (bicyclic) bond motifs is 7. The number of hydrogen-bond acceptors (Lipinski definition) is 5. The molecule has 3 aromatic carbocycles. The van der Waals surface area contributed by atoms with Crippen molar-refractivity contribution < 1.29 is 19.1 Å². The minimum absolute atomic E-state index is 0.162. The van der Waals surface area contributed by atoms with E-state index in [1.54, 1.807) is 12.1 Å². The quantitative estimate of drug-likeness (QED) is 0.486. The second-order valence-corrected chi connectivity index (χ2v) is 11.1. The van der Waals surface area contributed by atoms with Crippen LogP contribution in [-0.2, 0) is 20.5 Å². The van der Waals surface area contributed by atoms with E-state index in [0.29, 0.717) is 35.7 Å². The first-order valence-electron chi connectivity index (χ1n) is 13.7. The van der Waals surface area contributed by atoms with Gasteiger partial charge in [-0.1, -0.05) is 42.5 Å². The molecule has 4 atom stereocenters. The summed E-state index contributed by atoms with van der Waals surface area (Å²) < 4.78 is 5.89. The summed E-state index contributed by atoms with van der Waals surface area (Å²) in [5, 5.41) is 6.28. The van der Waals surface area contributed by atoms with Crippen molar-refractivity contribution in [3.05, 3.63) is 88.5 Å². The van der Waals surface area contributed by atoms with Gasteiger partial charge in [-0.15, -0.1) is 0 Å². The van der Waals surface area contributed by atoms with Crippen molar-refractivity contribution in [1.82, 2.24) is 4.90 Å². The van der Waals surface area contributed by atoms with Crippen LogP contribution in [0.15, 0.2) is 60.7 Å². The van der Waals surface area contributed by atoms with Crippen LogP contribution in [0.2, 0.25) is 0 Å². The minimum Gasteiger partial charge on any atom is -0.493 e. The molecule has 0 aromatic heterocycles. The summed E-state index contributed by atoms with van der Waals surface area (Å²) in [6.07, 6.45) is 1.57. The van der Waals surface area contributed by atoms with Crippen LogP contribution >= 0.6 is 0 Å². The highest BCUT2D eigenvalue weighted by atomic mass is 16.5. The van der Waals surface area contributed by atoms with Crippen LogP contribution in [0.1, 0.15) is 52.4 Å². The number of amides is 2. The Morgan fingerprint density at radius 2 is 1.74 bits per heavy atom. The molecule has 3 aromatic rings. The third-order valence-corrected chi connectivity index (χ3v) is 9.54. The molecule has 2 N–H and O–H groups in total. The smallest absolute Gasteiger partial charge is 0.251 e. The number of ketones is 1. The third kappa shape index (κ3) is 2.73. The van der Waals surface area contributed by atoms with Crippen LogP contribution in [0.3, 0.4) is 0 Å². The van der Waals surface area contributed by atoms with Crippen LogP contribution < -0.4 is 15.4 Å². The molecule has 2 fully saturated rings. The van der Waals surface area contributed by atoms with Gasteiger partial charge in [0.1, 0.15) is 16.7 Å². The van der Waals surface area contributed by atoms with Crippen molar-refractivity contribution >= 4 is 29.0 Å². The van der Waals surface area contributed by atoms with E-state index in [2.05, 4.69) is 15.5 Å². The van der Waals surface area contributed by atoms with Crippen molar-refractivity contribution in [3.8, 4) is 5.75 Å². The predicted molar refractivity (Wildman–Crippen MR) is 148 cm³/mol. The van der Waals surface area contributed by atoms with Crippen LogP contribution in [0.25, 0.3) is 0 Å². The largest absolute Gasteiger partial charge is 0.493 e. The summed E-state index contributed by atoms with van der Waals surface area (Å²) in [7, 11) is 0. The summed E-state index contributed by atoms with van der Waals surface area (Å²) >= 11 is 0. The van der Waals surface area contributed by atoms with Gasteiger partial charge in [0.2, 0.25) is 5.91 Å². The van der Waals surface area contributed by atoms with E-state index in [1.807, 2.05) is 69.3 Å². The lowest BCUT2D eigenvalue weighted by Crippen LogP contribution is -2.62. The molecule has 0 saturated carbocycles. The van der Waals surface area contributed by atoms with Crippen molar-refractivity contribution in [2.24, 2.45) is 5.92 Å². The minimum atomic E-state index is -1.46. The number of hydrogen-bond donors (Lipinski definition) is 2. The zero-order valence-electron chi connectivity index (χ0n) is 22.3. The van der Waals surface area contributed by atoms with Crippen molar-refractivity contribution in [2.45, 2.75) is 50.6 Å². The maximum absolute atomic E-state index is 14.9. The highest BCUT2D eigenvalue weighted by molar-refractivity contribution is 6.21. The molecule has 4 aliphatic rings. The number of nitrogens with one attached hydrogen (secondary N) is 2. The normalized spacial score (nSPS) is 28.4. The van der Waals surface area contributed by atoms with Crippen molar-refractivity contribution in [3.63, 3.8) is 0 Å². The Hall–Kier alpha value is -3.97. The number of carbonyl (C=O) groups is 3. The van der Waals surface area contributed by atoms with Gasteiger partial charge in [-0.2, -0.15) is 0 Å². The fraction of sp³-hybridized carbons (Fsp3) is 0.344. The molecule has 7 nitrogen and oxygen atoms in total. The highest BCUT2D eigenvalue weighted by Gasteiger charge is 2.81. The number of ether oxygens (including phenoxy) is 1. The van der Waals surface area contributed by atoms with E-state index < -0.39 is 16.9 Å². The molecule has 2 saturated heterocycles. The van der Waals surface area contributed by atoms with Crippen LogP contribution in [-0.4, -0.2) is 41.7 Å². The Morgan fingerprint density at radius 3 is 2.56 bits per heavy atom. The molecule has 0 aliphatic carbocycles. The molecule has 4 unspecified atom stereocenters. The molecule has 0 radical (unpaired) electrons. The van der Waals surface area contributed by atoms with E-state index in [9.17, 15) is 14.4 Å². The standard InChI is InChI=1S/C32H31N3O4/c1-4-39-25-14-8-5-10-20(25)28(36)26-24-13-9-17-35(24)32(22-16-15-18(2)19(3)27(22)34-30(32)38)31(26)21-11-6-7-12-23(21)33-29(31)37/h5-8,10-12,14-16,24,26H,4,9,13,17H2,1-3H3,(H,33,37)(H,34,38). The van der Waals surface area contributed by atoms with Gasteiger partial charge in [0.15, 0.2) is 5.78 Å². The number of Topliss-reactive ketones (excluding diaryl/α,β-unsaturated/α-hetero) is 1. The van der Waals surface area contributed by atoms with E-state index >= 15 is 0 Å². The number of carbonyl (C=O) groups excluding carboxylic acids is 3. The molecular weight excluding hydrogens is 490 g/mol. The van der Waals surface area contributed by atoms with E-state index in [4.69, 9.17) is 4.74 Å². The van der Waals surface area contributed by atoms with Gasteiger partial charge >= 0.3 is 0 Å². The Kier molecular flexibility index (Phi) is 5.11. The second kappa shape index (κ2) is 8.26. The van der Waals surface area contributed by atoms with Crippen molar-refractivity contribution in [1.29, 1.82) is 0 Å².